The Morgan fingerprint density at radius 2 is 1.56 bits per heavy atom. The van der Waals surface area contributed by atoms with Crippen molar-refractivity contribution in [3.63, 3.8) is 0 Å². The predicted molar refractivity (Wildman–Crippen MR) is 121 cm³/mol. The second-order valence-corrected chi connectivity index (χ2v) is 7.11. The molecular weight excluding hydrogens is 449 g/mol. The molecule has 3 amide bonds. The average Bonchev–Trinajstić information content (AvgIpc) is 2.79. The van der Waals surface area contributed by atoms with Crippen molar-refractivity contribution in [2.24, 2.45) is 5.10 Å². The maximum absolute atomic E-state index is 13.0. The van der Waals surface area contributed by atoms with Gasteiger partial charge in [0.25, 0.3) is 5.91 Å². The molecule has 3 rings (SSSR count). The van der Waals surface area contributed by atoms with Gasteiger partial charge >= 0.3 is 18.0 Å². The molecule has 0 radical (unpaired) electrons. The molecule has 10 heteroatoms. The van der Waals surface area contributed by atoms with E-state index in [2.05, 4.69) is 15.7 Å². The first-order valence-electron chi connectivity index (χ1n) is 9.93. The van der Waals surface area contributed by atoms with Gasteiger partial charge in [-0.05, 0) is 42.8 Å². The van der Waals surface area contributed by atoms with Crippen molar-refractivity contribution in [1.82, 2.24) is 5.43 Å². The Bertz CT molecular complexity index is 1260. The summed E-state index contributed by atoms with van der Waals surface area (Å²) in [5.41, 5.74) is 2.32. The molecule has 3 aromatic rings. The summed E-state index contributed by atoms with van der Waals surface area (Å²) >= 11 is 0. The van der Waals surface area contributed by atoms with Crippen LogP contribution in [-0.4, -0.2) is 23.9 Å². The molecule has 7 nitrogen and oxygen atoms in total. The number of hydrogen-bond acceptors (Lipinski definition) is 4. The van der Waals surface area contributed by atoms with Gasteiger partial charge in [0.1, 0.15) is 0 Å². The number of rotatable bonds is 5. The third-order valence-electron chi connectivity index (χ3n) is 4.54. The summed E-state index contributed by atoms with van der Waals surface area (Å²) in [7, 11) is 0. The zero-order chi connectivity index (χ0) is 24.7. The third-order valence-corrected chi connectivity index (χ3v) is 4.54. The lowest BCUT2D eigenvalue weighted by molar-refractivity contribution is -0.137. The number of anilines is 2. The fourth-order valence-corrected chi connectivity index (χ4v) is 2.97. The van der Waals surface area contributed by atoms with Gasteiger partial charge in [0.15, 0.2) is 0 Å². The number of benzene rings is 3. The third kappa shape index (κ3) is 6.28. The maximum atomic E-state index is 13.0. The van der Waals surface area contributed by atoms with E-state index in [1.54, 1.807) is 30.3 Å². The lowest BCUT2D eigenvalue weighted by Crippen LogP contribution is -2.33. The summed E-state index contributed by atoms with van der Waals surface area (Å²) in [5, 5.41) is 8.45. The molecule has 0 saturated heterocycles. The fourth-order valence-electron chi connectivity index (χ4n) is 2.97. The first-order chi connectivity index (χ1) is 16.1. The summed E-state index contributed by atoms with van der Waals surface area (Å²) < 4.78 is 39.1. The molecule has 3 N–H and O–H groups in total. The van der Waals surface area contributed by atoms with Crippen LogP contribution in [0.25, 0.3) is 0 Å². The average molecular weight is 468 g/mol. The largest absolute Gasteiger partial charge is 0.417 e. The number of alkyl halides is 3. The summed E-state index contributed by atoms with van der Waals surface area (Å²) in [6.45, 7) is 1.87. The molecule has 3 aromatic carbocycles. The van der Waals surface area contributed by atoms with E-state index < -0.39 is 29.5 Å². The summed E-state index contributed by atoms with van der Waals surface area (Å²) in [4.78, 5) is 37.0. The summed E-state index contributed by atoms with van der Waals surface area (Å²) in [5.74, 6) is -2.89. The van der Waals surface area contributed by atoms with Crippen LogP contribution in [0.15, 0.2) is 77.9 Å². The lowest BCUT2D eigenvalue weighted by Gasteiger charge is -2.11. The molecule has 0 spiro atoms. The molecule has 0 heterocycles. The van der Waals surface area contributed by atoms with Crippen molar-refractivity contribution in [1.29, 1.82) is 0 Å². The van der Waals surface area contributed by atoms with Crippen LogP contribution in [0.4, 0.5) is 24.5 Å². The predicted octanol–water partition coefficient (Wildman–Crippen LogP) is 4.35. The van der Waals surface area contributed by atoms with Gasteiger partial charge in [-0.1, -0.05) is 42.5 Å². The summed E-state index contributed by atoms with van der Waals surface area (Å²) in [6, 6.07) is 17.8. The van der Waals surface area contributed by atoms with E-state index in [-0.39, 0.29) is 16.8 Å². The van der Waals surface area contributed by atoms with Gasteiger partial charge in [-0.25, -0.2) is 5.43 Å². The number of aryl methyl sites for hydroxylation is 1. The highest BCUT2D eigenvalue weighted by Gasteiger charge is 2.32. The Hall–Kier alpha value is -4.47. The van der Waals surface area contributed by atoms with Crippen LogP contribution in [0.3, 0.4) is 0 Å². The van der Waals surface area contributed by atoms with E-state index in [1.807, 2.05) is 18.4 Å². The Balaban J connectivity index is 1.67. The van der Waals surface area contributed by atoms with Crippen molar-refractivity contribution in [3.05, 3.63) is 95.1 Å². The molecule has 174 valence electrons. The second kappa shape index (κ2) is 10.4. The quantitative estimate of drug-likeness (QED) is 0.295. The number of hydrazone groups is 1. The molecule has 0 atom stereocenters. The van der Waals surface area contributed by atoms with Gasteiger partial charge < -0.3 is 10.6 Å². The van der Waals surface area contributed by atoms with Crippen LogP contribution in [0.5, 0.6) is 0 Å². The Kier molecular flexibility index (Phi) is 7.42. The Morgan fingerprint density at radius 3 is 2.29 bits per heavy atom. The van der Waals surface area contributed by atoms with E-state index in [0.717, 1.165) is 17.8 Å². The lowest BCUT2D eigenvalue weighted by atomic mass is 10.1. The number of halogens is 3. The number of amides is 3. The van der Waals surface area contributed by atoms with Gasteiger partial charge in [0, 0.05) is 11.3 Å². The van der Waals surface area contributed by atoms with Gasteiger partial charge in [0.2, 0.25) is 0 Å². The molecule has 0 aliphatic rings. The molecule has 0 saturated carbocycles. The van der Waals surface area contributed by atoms with Crippen LogP contribution >= 0.6 is 0 Å². The van der Waals surface area contributed by atoms with Crippen LogP contribution in [0.2, 0.25) is 0 Å². The van der Waals surface area contributed by atoms with E-state index in [1.165, 1.54) is 30.3 Å². The minimum absolute atomic E-state index is 0.0687. The minimum atomic E-state index is -4.60. The number of nitrogens with one attached hydrogen (secondary N) is 3. The monoisotopic (exact) mass is 468 g/mol. The number of para-hydroxylation sites is 1. The van der Waals surface area contributed by atoms with Crippen molar-refractivity contribution in [2.45, 2.75) is 13.1 Å². The highest BCUT2D eigenvalue weighted by atomic mass is 19.4. The van der Waals surface area contributed by atoms with Crippen molar-refractivity contribution in [2.75, 3.05) is 10.6 Å². The SMILES string of the molecule is Cc1cccc(NC(=O)c2ccccc2NC(=O)C(=O)NN=Cc2ccccc2C(F)(F)F)c1. The fraction of sp³-hybridized carbons (Fsp3) is 0.0833. The maximum Gasteiger partial charge on any atom is 0.417 e. The van der Waals surface area contributed by atoms with Gasteiger partial charge in [-0.3, -0.25) is 14.4 Å². The molecule has 0 bridgehead atoms. The molecule has 0 aliphatic carbocycles. The van der Waals surface area contributed by atoms with Gasteiger partial charge in [0.05, 0.1) is 23.0 Å². The standard InChI is InChI=1S/C24H19F3N4O3/c1-15-7-6-9-17(13-15)29-21(32)18-10-3-5-12-20(18)30-22(33)23(34)31-28-14-16-8-2-4-11-19(16)24(25,26)27/h2-14H,1H3,(H,29,32)(H,30,33)(H,31,34). The van der Waals surface area contributed by atoms with Crippen molar-refractivity contribution >= 4 is 35.3 Å². The van der Waals surface area contributed by atoms with Crippen LogP contribution in [0.1, 0.15) is 27.0 Å². The number of carbonyl (C=O) groups is 3. The van der Waals surface area contributed by atoms with Crippen LogP contribution < -0.4 is 16.1 Å². The second-order valence-electron chi connectivity index (χ2n) is 7.11. The van der Waals surface area contributed by atoms with E-state index >= 15 is 0 Å². The van der Waals surface area contributed by atoms with Crippen molar-refractivity contribution < 1.29 is 27.6 Å². The first-order valence-corrected chi connectivity index (χ1v) is 9.93. The molecule has 0 aliphatic heterocycles. The van der Waals surface area contributed by atoms with Gasteiger partial charge in [-0.2, -0.15) is 18.3 Å². The van der Waals surface area contributed by atoms with E-state index in [0.29, 0.717) is 5.69 Å². The zero-order valence-electron chi connectivity index (χ0n) is 17.8. The topological polar surface area (TPSA) is 99.7 Å². The Morgan fingerprint density at radius 1 is 0.853 bits per heavy atom. The highest BCUT2D eigenvalue weighted by molar-refractivity contribution is 6.40. The molecule has 0 fully saturated rings. The minimum Gasteiger partial charge on any atom is -0.322 e. The zero-order valence-corrected chi connectivity index (χ0v) is 17.8. The molecule has 0 aromatic heterocycles. The van der Waals surface area contributed by atoms with Gasteiger partial charge in [-0.15, -0.1) is 0 Å². The van der Waals surface area contributed by atoms with Crippen LogP contribution in [-0.2, 0) is 15.8 Å². The van der Waals surface area contributed by atoms with Crippen molar-refractivity contribution in [3.8, 4) is 0 Å². The smallest absolute Gasteiger partial charge is 0.322 e. The van der Waals surface area contributed by atoms with E-state index in [4.69, 9.17) is 0 Å². The molecule has 0 unspecified atom stereocenters. The van der Waals surface area contributed by atoms with E-state index in [9.17, 15) is 27.6 Å². The first kappa shape index (κ1) is 24.2. The molecule has 34 heavy (non-hydrogen) atoms. The number of carbonyl (C=O) groups excluding carboxylic acids is 3. The number of nitrogens with zero attached hydrogens (tertiary/aromatic N) is 1. The number of hydrogen-bond donors (Lipinski definition) is 3. The normalized spacial score (nSPS) is 11.2. The van der Waals surface area contributed by atoms with Crippen LogP contribution in [0, 0.1) is 6.92 Å². The summed E-state index contributed by atoms with van der Waals surface area (Å²) in [6.07, 6.45) is -3.82. The molecular formula is C24H19F3N4O3. The highest BCUT2D eigenvalue weighted by Crippen LogP contribution is 2.31. The Labute approximate surface area is 192 Å².